The molecule has 144 valence electrons. The maximum atomic E-state index is 11.4. The molecule has 9 heteroatoms. The third kappa shape index (κ3) is 2.97. The summed E-state index contributed by atoms with van der Waals surface area (Å²) in [5.41, 5.74) is 3.52. The Labute approximate surface area is 155 Å². The van der Waals surface area contributed by atoms with Crippen LogP contribution in [0.4, 0.5) is 5.82 Å². The van der Waals surface area contributed by atoms with Gasteiger partial charge >= 0.3 is 0 Å². The number of nitrogens with zero attached hydrogens (tertiary/aromatic N) is 5. The first-order chi connectivity index (χ1) is 12.2. The van der Waals surface area contributed by atoms with Gasteiger partial charge in [-0.2, -0.15) is 17.8 Å². The van der Waals surface area contributed by atoms with Crippen LogP contribution >= 0.6 is 0 Å². The van der Waals surface area contributed by atoms with Crippen LogP contribution in [0.2, 0.25) is 0 Å². The second kappa shape index (κ2) is 6.47. The Morgan fingerprint density at radius 2 is 1.88 bits per heavy atom. The maximum Gasteiger partial charge on any atom is 0.276 e. The highest BCUT2D eigenvalue weighted by Gasteiger charge is 2.55. The smallest absolute Gasteiger partial charge is 0.276 e. The summed E-state index contributed by atoms with van der Waals surface area (Å²) < 4.78 is 26.1. The Balaban J connectivity index is 0.000000948. The molecule has 2 N–H and O–H groups in total. The van der Waals surface area contributed by atoms with Crippen LogP contribution in [0, 0.1) is 19.3 Å². The van der Waals surface area contributed by atoms with Crippen LogP contribution in [0.3, 0.4) is 0 Å². The zero-order chi connectivity index (χ0) is 19.3. The van der Waals surface area contributed by atoms with Crippen LogP contribution < -0.4 is 10.0 Å². The van der Waals surface area contributed by atoms with Crippen LogP contribution in [-0.2, 0) is 10.2 Å². The van der Waals surface area contributed by atoms with E-state index in [0.717, 1.165) is 43.0 Å². The predicted octanol–water partition coefficient (Wildman–Crippen LogP) is 1.48. The van der Waals surface area contributed by atoms with Crippen LogP contribution in [0.5, 0.6) is 0 Å². The number of aromatic nitrogens is 3. The molecule has 8 nitrogen and oxygen atoms in total. The van der Waals surface area contributed by atoms with Gasteiger partial charge in [-0.25, -0.2) is 14.6 Å². The zero-order valence-electron chi connectivity index (χ0n) is 16.1. The molecule has 1 aliphatic heterocycles. The molecule has 1 spiro atoms. The van der Waals surface area contributed by atoms with Gasteiger partial charge in [0.1, 0.15) is 11.8 Å². The summed E-state index contributed by atoms with van der Waals surface area (Å²) in [5, 5.41) is 9.53. The molecule has 0 aromatic carbocycles. The molecular formula is C17H28N6O2S. The molecule has 0 atom stereocenters. The molecule has 1 saturated carbocycles. The highest BCUT2D eigenvalue weighted by atomic mass is 32.2. The topological polar surface area (TPSA) is 96.8 Å². The first kappa shape index (κ1) is 19.1. The summed E-state index contributed by atoms with van der Waals surface area (Å²) in [5.74, 6) is 0.962. The molecule has 2 fully saturated rings. The SMILES string of the molecule is CC.Cc1cc(C)n2ncnc(N3CC4(CC(N(C)S(N)(=O)=O)C4)C3)c12. The number of fused-ring (bicyclic) bond motifs is 1. The average Bonchev–Trinajstić information content (AvgIpc) is 2.81. The minimum Gasteiger partial charge on any atom is -0.354 e. The molecule has 3 heterocycles. The van der Waals surface area contributed by atoms with Crippen molar-refractivity contribution in [3.8, 4) is 0 Å². The minimum atomic E-state index is -3.60. The van der Waals surface area contributed by atoms with Gasteiger partial charge in [-0.05, 0) is 38.3 Å². The molecule has 26 heavy (non-hydrogen) atoms. The Morgan fingerprint density at radius 1 is 1.27 bits per heavy atom. The van der Waals surface area contributed by atoms with Crippen LogP contribution in [0.1, 0.15) is 37.9 Å². The molecule has 0 bridgehead atoms. The minimum absolute atomic E-state index is 0.0184. The van der Waals surface area contributed by atoms with Crippen molar-refractivity contribution in [2.75, 3.05) is 25.0 Å². The van der Waals surface area contributed by atoms with Gasteiger partial charge in [-0.3, -0.25) is 0 Å². The number of hydrogen-bond acceptors (Lipinski definition) is 5. The monoisotopic (exact) mass is 380 g/mol. The van der Waals surface area contributed by atoms with E-state index in [1.807, 2.05) is 25.3 Å². The Hall–Kier alpha value is -1.71. The highest BCUT2D eigenvalue weighted by Crippen LogP contribution is 2.51. The van der Waals surface area contributed by atoms with Crippen molar-refractivity contribution >= 4 is 21.5 Å². The summed E-state index contributed by atoms with van der Waals surface area (Å²) in [7, 11) is -2.04. The summed E-state index contributed by atoms with van der Waals surface area (Å²) in [6.07, 6.45) is 3.31. The largest absolute Gasteiger partial charge is 0.354 e. The van der Waals surface area contributed by atoms with E-state index in [1.54, 1.807) is 13.4 Å². The fourth-order valence-electron chi connectivity index (χ4n) is 4.21. The normalized spacial score (nSPS) is 19.3. The van der Waals surface area contributed by atoms with Gasteiger partial charge in [0.15, 0.2) is 5.82 Å². The molecule has 0 amide bonds. The standard InChI is InChI=1S/C15H22N6O2S.C2H6/c1-10-4-11(2)21-13(10)14(17-9-18-21)20-7-15(8-20)5-12(6-15)19(3)24(16,22)23;1-2/h4,9,12H,5-8H2,1-3H3,(H2,16,22,23);1-2H3. The Morgan fingerprint density at radius 3 is 2.46 bits per heavy atom. The lowest BCUT2D eigenvalue weighted by Gasteiger charge is -2.60. The van der Waals surface area contributed by atoms with Crippen LogP contribution in [-0.4, -0.2) is 53.5 Å². The first-order valence-corrected chi connectivity index (χ1v) is 10.5. The molecule has 0 radical (unpaired) electrons. The van der Waals surface area contributed by atoms with E-state index in [2.05, 4.69) is 28.0 Å². The van der Waals surface area contributed by atoms with E-state index >= 15 is 0 Å². The van der Waals surface area contributed by atoms with Crippen molar-refractivity contribution in [3.05, 3.63) is 23.7 Å². The average molecular weight is 381 g/mol. The van der Waals surface area contributed by atoms with E-state index in [1.165, 1.54) is 9.87 Å². The van der Waals surface area contributed by atoms with E-state index < -0.39 is 10.2 Å². The van der Waals surface area contributed by atoms with Crippen molar-refractivity contribution in [2.24, 2.45) is 10.6 Å². The molecule has 1 aliphatic carbocycles. The number of rotatable bonds is 3. The fraction of sp³-hybridized carbons (Fsp3) is 0.647. The van der Waals surface area contributed by atoms with Gasteiger partial charge in [0.05, 0.1) is 0 Å². The highest BCUT2D eigenvalue weighted by molar-refractivity contribution is 7.86. The third-order valence-corrected chi connectivity index (χ3v) is 6.61. The van der Waals surface area contributed by atoms with Crippen molar-refractivity contribution in [3.63, 3.8) is 0 Å². The van der Waals surface area contributed by atoms with Gasteiger partial charge in [0, 0.05) is 37.3 Å². The lowest BCUT2D eigenvalue weighted by Crippen LogP contribution is -2.67. The van der Waals surface area contributed by atoms with Gasteiger partial charge in [-0.15, -0.1) is 0 Å². The molecule has 2 aromatic rings. The van der Waals surface area contributed by atoms with Crippen molar-refractivity contribution < 1.29 is 8.42 Å². The van der Waals surface area contributed by atoms with Crippen molar-refractivity contribution in [2.45, 2.75) is 46.6 Å². The molecule has 4 rings (SSSR count). The maximum absolute atomic E-state index is 11.4. The summed E-state index contributed by atoms with van der Waals surface area (Å²) in [6.45, 7) is 9.91. The summed E-state index contributed by atoms with van der Waals surface area (Å²) >= 11 is 0. The van der Waals surface area contributed by atoms with Gasteiger partial charge in [-0.1, -0.05) is 13.8 Å². The van der Waals surface area contributed by atoms with E-state index in [0.29, 0.717) is 0 Å². The molecule has 1 saturated heterocycles. The van der Waals surface area contributed by atoms with Crippen LogP contribution in [0.15, 0.2) is 12.4 Å². The number of anilines is 1. The zero-order valence-corrected chi connectivity index (χ0v) is 16.9. The molecular weight excluding hydrogens is 352 g/mol. The molecule has 0 unspecified atom stereocenters. The lowest BCUT2D eigenvalue weighted by atomic mass is 9.60. The van der Waals surface area contributed by atoms with Crippen molar-refractivity contribution in [1.29, 1.82) is 0 Å². The van der Waals surface area contributed by atoms with E-state index in [9.17, 15) is 8.42 Å². The number of hydrogen-bond donors (Lipinski definition) is 1. The van der Waals surface area contributed by atoms with Crippen molar-refractivity contribution in [1.82, 2.24) is 18.9 Å². The Kier molecular flexibility index (Phi) is 4.74. The predicted molar refractivity (Wildman–Crippen MR) is 102 cm³/mol. The van der Waals surface area contributed by atoms with Gasteiger partial charge < -0.3 is 4.90 Å². The molecule has 2 aliphatic rings. The van der Waals surface area contributed by atoms with Gasteiger partial charge in [0.2, 0.25) is 0 Å². The number of nitrogens with two attached hydrogens (primary N) is 1. The van der Waals surface area contributed by atoms with Gasteiger partial charge in [0.25, 0.3) is 10.2 Å². The van der Waals surface area contributed by atoms with E-state index in [-0.39, 0.29) is 11.5 Å². The second-order valence-electron chi connectivity index (χ2n) is 7.29. The molecule has 2 aromatic heterocycles. The summed E-state index contributed by atoms with van der Waals surface area (Å²) in [4.78, 5) is 6.75. The Bertz CT molecular complexity index is 909. The second-order valence-corrected chi connectivity index (χ2v) is 8.90. The first-order valence-electron chi connectivity index (χ1n) is 9.01. The lowest BCUT2D eigenvalue weighted by molar-refractivity contribution is 0.0207. The fourth-order valence-corrected chi connectivity index (χ4v) is 4.77. The summed E-state index contributed by atoms with van der Waals surface area (Å²) in [6, 6.07) is 2.13. The van der Waals surface area contributed by atoms with Crippen LogP contribution in [0.25, 0.3) is 5.52 Å². The number of aryl methyl sites for hydroxylation is 2. The van der Waals surface area contributed by atoms with E-state index in [4.69, 9.17) is 5.14 Å². The quantitative estimate of drug-likeness (QED) is 0.870. The third-order valence-electron chi connectivity index (χ3n) is 5.51.